The van der Waals surface area contributed by atoms with Crippen molar-refractivity contribution in [3.8, 4) is 5.88 Å². The Hall–Kier alpha value is -1.53. The average molecular weight is 357 g/mol. The Kier molecular flexibility index (Phi) is 8.28. The third kappa shape index (κ3) is 4.98. The van der Waals surface area contributed by atoms with Gasteiger partial charge in [-0.05, 0) is 18.9 Å². The molecule has 2 heterocycles. The average Bonchev–Trinajstić information content (AvgIpc) is 2.60. The van der Waals surface area contributed by atoms with Gasteiger partial charge in [0.1, 0.15) is 5.82 Å². The van der Waals surface area contributed by atoms with E-state index in [1.165, 1.54) is 0 Å². The van der Waals surface area contributed by atoms with E-state index in [-0.39, 0.29) is 24.2 Å². The van der Waals surface area contributed by atoms with Crippen LogP contribution in [0.3, 0.4) is 0 Å². The quantitative estimate of drug-likeness (QED) is 0.843. The minimum Gasteiger partial charge on any atom is -0.478 e. The van der Waals surface area contributed by atoms with Crippen molar-refractivity contribution in [2.75, 3.05) is 37.7 Å². The lowest BCUT2D eigenvalue weighted by molar-refractivity contribution is -0.134. The predicted octanol–water partition coefficient (Wildman–Crippen LogP) is 1.92. The summed E-state index contributed by atoms with van der Waals surface area (Å²) in [6, 6.07) is 5.39. The molecule has 0 aromatic carbocycles. The molecule has 136 valence electrons. The van der Waals surface area contributed by atoms with Crippen molar-refractivity contribution in [2.45, 2.75) is 33.2 Å². The number of hydrogen-bond donors (Lipinski definition) is 1. The Morgan fingerprint density at radius 3 is 2.54 bits per heavy atom. The molecule has 2 unspecified atom stereocenters. The molecule has 0 saturated carbocycles. The molecule has 7 heteroatoms. The number of nitrogens with two attached hydrogens (primary N) is 1. The van der Waals surface area contributed by atoms with Gasteiger partial charge >= 0.3 is 0 Å². The first-order valence-electron chi connectivity index (χ1n) is 8.46. The van der Waals surface area contributed by atoms with Crippen LogP contribution in [-0.2, 0) is 4.79 Å². The van der Waals surface area contributed by atoms with E-state index in [1.54, 1.807) is 0 Å². The maximum Gasteiger partial charge on any atom is 0.239 e. The highest BCUT2D eigenvalue weighted by atomic mass is 35.5. The Bertz CT molecular complexity index is 521. The van der Waals surface area contributed by atoms with Crippen LogP contribution >= 0.6 is 12.4 Å². The Morgan fingerprint density at radius 1 is 1.29 bits per heavy atom. The second-order valence-electron chi connectivity index (χ2n) is 5.99. The van der Waals surface area contributed by atoms with Gasteiger partial charge in [-0.25, -0.2) is 0 Å². The number of carbonyl (C=O) groups is 1. The summed E-state index contributed by atoms with van der Waals surface area (Å²) in [6.07, 6.45) is 0.918. The number of carbonyl (C=O) groups excluding carboxylic acids is 1. The Morgan fingerprint density at radius 2 is 1.96 bits per heavy atom. The molecule has 1 aromatic heterocycles. The van der Waals surface area contributed by atoms with E-state index >= 15 is 0 Å². The molecule has 1 aromatic rings. The minimum atomic E-state index is -0.397. The molecule has 1 aliphatic rings. The molecular weight excluding hydrogens is 328 g/mol. The molecule has 1 amide bonds. The van der Waals surface area contributed by atoms with E-state index < -0.39 is 6.04 Å². The molecule has 0 spiro atoms. The van der Waals surface area contributed by atoms with Crippen LogP contribution in [-0.4, -0.2) is 54.6 Å². The van der Waals surface area contributed by atoms with Crippen molar-refractivity contribution in [3.05, 3.63) is 18.2 Å². The smallest absolute Gasteiger partial charge is 0.239 e. The summed E-state index contributed by atoms with van der Waals surface area (Å²) in [5.74, 6) is 1.82. The lowest BCUT2D eigenvalue weighted by Gasteiger charge is -2.37. The highest BCUT2D eigenvalue weighted by Gasteiger charge is 2.28. The maximum atomic E-state index is 12.4. The Labute approximate surface area is 150 Å². The van der Waals surface area contributed by atoms with E-state index in [4.69, 9.17) is 10.5 Å². The van der Waals surface area contributed by atoms with Crippen molar-refractivity contribution < 1.29 is 9.53 Å². The fourth-order valence-electron chi connectivity index (χ4n) is 2.67. The minimum absolute atomic E-state index is 0. The van der Waals surface area contributed by atoms with Crippen LogP contribution in [0, 0.1) is 5.92 Å². The molecule has 6 nitrogen and oxygen atoms in total. The second-order valence-corrected chi connectivity index (χ2v) is 5.99. The zero-order chi connectivity index (χ0) is 16.8. The molecular formula is C17H29ClN4O2. The van der Waals surface area contributed by atoms with Crippen LogP contribution < -0.4 is 15.4 Å². The van der Waals surface area contributed by atoms with Crippen LogP contribution in [0.25, 0.3) is 0 Å². The zero-order valence-corrected chi connectivity index (χ0v) is 15.6. The van der Waals surface area contributed by atoms with Gasteiger partial charge in [0.2, 0.25) is 11.8 Å². The summed E-state index contributed by atoms with van der Waals surface area (Å²) in [5.41, 5.74) is 6.07. The molecule has 24 heavy (non-hydrogen) atoms. The zero-order valence-electron chi connectivity index (χ0n) is 14.8. The van der Waals surface area contributed by atoms with Crippen LogP contribution in [0.1, 0.15) is 27.2 Å². The predicted molar refractivity (Wildman–Crippen MR) is 98.9 cm³/mol. The molecule has 0 bridgehead atoms. The molecule has 1 fully saturated rings. The lowest BCUT2D eigenvalue weighted by atomic mass is 9.98. The van der Waals surface area contributed by atoms with Gasteiger partial charge in [-0.1, -0.05) is 26.3 Å². The molecule has 2 atom stereocenters. The molecule has 1 aliphatic heterocycles. The normalized spacial score (nSPS) is 17.0. The summed E-state index contributed by atoms with van der Waals surface area (Å²) in [4.78, 5) is 21.0. The number of anilines is 1. The second kappa shape index (κ2) is 9.69. The van der Waals surface area contributed by atoms with E-state index in [9.17, 15) is 4.79 Å². The van der Waals surface area contributed by atoms with Gasteiger partial charge in [-0.15, -0.1) is 12.4 Å². The topological polar surface area (TPSA) is 71.7 Å². The van der Waals surface area contributed by atoms with Gasteiger partial charge < -0.3 is 20.3 Å². The summed E-state index contributed by atoms with van der Waals surface area (Å²) in [6.45, 7) is 9.54. The van der Waals surface area contributed by atoms with Crippen molar-refractivity contribution in [3.63, 3.8) is 0 Å². The van der Waals surface area contributed by atoms with E-state index in [2.05, 4.69) is 16.8 Å². The maximum absolute atomic E-state index is 12.4. The summed E-state index contributed by atoms with van der Waals surface area (Å²) < 4.78 is 5.45. The largest absolute Gasteiger partial charge is 0.478 e. The molecule has 2 rings (SSSR count). The number of pyridine rings is 1. The number of amides is 1. The third-order valence-corrected chi connectivity index (χ3v) is 4.46. The first-order chi connectivity index (χ1) is 11.1. The van der Waals surface area contributed by atoms with Gasteiger partial charge in [-0.2, -0.15) is 4.98 Å². The standard InChI is InChI=1S/C17H28N4O2.ClH/c1-4-13(3)16(18)17(22)21-11-9-20(10-12-21)14-7-6-8-15(19-14)23-5-2;/h6-8,13,16H,4-5,9-12,18H2,1-3H3;1H. The number of aromatic nitrogens is 1. The molecule has 0 radical (unpaired) electrons. The van der Waals surface area contributed by atoms with Gasteiger partial charge in [0.25, 0.3) is 0 Å². The summed E-state index contributed by atoms with van der Waals surface area (Å²) in [7, 11) is 0. The van der Waals surface area contributed by atoms with E-state index in [0.717, 1.165) is 25.3 Å². The number of piperazine rings is 1. The monoisotopic (exact) mass is 356 g/mol. The molecule has 0 aliphatic carbocycles. The van der Waals surface area contributed by atoms with Crippen LogP contribution in [0.2, 0.25) is 0 Å². The van der Waals surface area contributed by atoms with Crippen LogP contribution in [0.15, 0.2) is 18.2 Å². The highest BCUT2D eigenvalue weighted by Crippen LogP contribution is 2.18. The van der Waals surface area contributed by atoms with Crippen molar-refractivity contribution in [1.82, 2.24) is 9.88 Å². The fourth-order valence-corrected chi connectivity index (χ4v) is 2.67. The van der Waals surface area contributed by atoms with Crippen LogP contribution in [0.5, 0.6) is 5.88 Å². The number of nitrogens with zero attached hydrogens (tertiary/aromatic N) is 3. The van der Waals surface area contributed by atoms with Gasteiger partial charge in [0.15, 0.2) is 0 Å². The SMILES string of the molecule is CCOc1cccc(N2CCN(C(=O)C(N)C(C)CC)CC2)n1.Cl. The van der Waals surface area contributed by atoms with Crippen LogP contribution in [0.4, 0.5) is 5.82 Å². The number of halogens is 1. The number of ether oxygens (including phenoxy) is 1. The highest BCUT2D eigenvalue weighted by molar-refractivity contribution is 5.85. The fraction of sp³-hybridized carbons (Fsp3) is 0.647. The summed E-state index contributed by atoms with van der Waals surface area (Å²) >= 11 is 0. The molecule has 2 N–H and O–H groups in total. The third-order valence-electron chi connectivity index (χ3n) is 4.46. The first-order valence-corrected chi connectivity index (χ1v) is 8.46. The van der Waals surface area contributed by atoms with E-state index in [1.807, 2.05) is 36.9 Å². The van der Waals surface area contributed by atoms with Gasteiger partial charge in [0.05, 0.1) is 12.6 Å². The summed E-state index contributed by atoms with van der Waals surface area (Å²) in [5, 5.41) is 0. The van der Waals surface area contributed by atoms with Crippen molar-refractivity contribution >= 4 is 24.1 Å². The van der Waals surface area contributed by atoms with E-state index in [0.29, 0.717) is 25.6 Å². The Balaban J connectivity index is 0.00000288. The van der Waals surface area contributed by atoms with Gasteiger partial charge in [0, 0.05) is 32.2 Å². The lowest BCUT2D eigenvalue weighted by Crippen LogP contribution is -2.54. The first kappa shape index (κ1) is 20.5. The van der Waals surface area contributed by atoms with Gasteiger partial charge in [-0.3, -0.25) is 4.79 Å². The van der Waals surface area contributed by atoms with Crippen molar-refractivity contribution in [1.29, 1.82) is 0 Å². The van der Waals surface area contributed by atoms with Crippen molar-refractivity contribution in [2.24, 2.45) is 11.7 Å². The molecule has 1 saturated heterocycles. The number of rotatable bonds is 6. The number of hydrogen-bond acceptors (Lipinski definition) is 5.